The number of rotatable bonds is 3. The summed E-state index contributed by atoms with van der Waals surface area (Å²) in [6, 6.07) is 2.05. The average Bonchev–Trinajstić information content (AvgIpc) is 2.98. The van der Waals surface area contributed by atoms with E-state index in [1.807, 2.05) is 6.92 Å². The molecule has 3 N–H and O–H groups in total. The number of aliphatic hydroxyl groups excluding tert-OH is 1. The molecule has 1 saturated carbocycles. The van der Waals surface area contributed by atoms with Gasteiger partial charge in [-0.3, -0.25) is 10.1 Å². The molecule has 3 heterocycles. The van der Waals surface area contributed by atoms with Gasteiger partial charge in [0.1, 0.15) is 5.82 Å². The zero-order valence-corrected chi connectivity index (χ0v) is 16.9. The Hall–Kier alpha value is -2.35. The minimum absolute atomic E-state index is 0.212. The standard InChI is InChI=1S/C21H30N4O4/c1-14-11-15(23-20(28)29)12-22-18(14)24-9-2-7-21(13-24)8-10-25(19(21)27)16-3-5-17(26)6-4-16/h11-12,16-17,23,26H,2-10,13H2,1H3,(H,28,29)/t16-,17-,21-/m1/s1. The number of hydrogen-bond donors (Lipinski definition) is 3. The highest BCUT2D eigenvalue weighted by Gasteiger charge is 2.50. The zero-order chi connectivity index (χ0) is 20.6. The van der Waals surface area contributed by atoms with E-state index in [2.05, 4.69) is 20.1 Å². The zero-order valence-electron chi connectivity index (χ0n) is 16.9. The third-order valence-corrected chi connectivity index (χ3v) is 6.83. The Kier molecular flexibility index (Phi) is 5.38. The first kappa shape index (κ1) is 19.9. The molecule has 0 aromatic carbocycles. The average molecular weight is 402 g/mol. The summed E-state index contributed by atoms with van der Waals surface area (Å²) in [5.41, 5.74) is 1.00. The van der Waals surface area contributed by atoms with E-state index in [1.54, 1.807) is 6.07 Å². The fourth-order valence-electron chi connectivity index (χ4n) is 5.35. The summed E-state index contributed by atoms with van der Waals surface area (Å²) in [6.45, 7) is 4.25. The SMILES string of the molecule is Cc1cc(NC(=O)O)cnc1N1CCC[C@@]2(CCN([C@H]3CC[C@H](O)CC3)C2=O)C1. The molecule has 3 aliphatic rings. The Morgan fingerprint density at radius 3 is 2.69 bits per heavy atom. The van der Waals surface area contributed by atoms with Crippen LogP contribution in [-0.2, 0) is 4.79 Å². The van der Waals surface area contributed by atoms with Crippen LogP contribution in [0.1, 0.15) is 50.5 Å². The van der Waals surface area contributed by atoms with Crippen LogP contribution in [-0.4, -0.2) is 63.9 Å². The third-order valence-electron chi connectivity index (χ3n) is 6.83. The lowest BCUT2D eigenvalue weighted by molar-refractivity contribution is -0.139. The molecule has 8 nitrogen and oxygen atoms in total. The van der Waals surface area contributed by atoms with Gasteiger partial charge in [-0.15, -0.1) is 0 Å². The number of amides is 2. The molecule has 0 bridgehead atoms. The van der Waals surface area contributed by atoms with Crippen molar-refractivity contribution in [3.05, 3.63) is 17.8 Å². The maximum absolute atomic E-state index is 13.4. The van der Waals surface area contributed by atoms with Crippen LogP contribution in [0.15, 0.2) is 12.3 Å². The number of carboxylic acid groups (broad SMARTS) is 1. The Balaban J connectivity index is 1.48. The van der Waals surface area contributed by atoms with Crippen LogP contribution in [0.5, 0.6) is 0 Å². The molecule has 4 rings (SSSR count). The monoisotopic (exact) mass is 402 g/mol. The van der Waals surface area contributed by atoms with Crippen molar-refractivity contribution in [1.29, 1.82) is 0 Å². The smallest absolute Gasteiger partial charge is 0.409 e. The van der Waals surface area contributed by atoms with Crippen molar-refractivity contribution in [3.8, 4) is 0 Å². The van der Waals surface area contributed by atoms with Gasteiger partial charge >= 0.3 is 6.09 Å². The molecule has 158 valence electrons. The summed E-state index contributed by atoms with van der Waals surface area (Å²) in [5, 5.41) is 21.0. The second kappa shape index (κ2) is 7.82. The Labute approximate surface area is 170 Å². The number of nitrogens with one attached hydrogen (secondary N) is 1. The first-order chi connectivity index (χ1) is 13.9. The van der Waals surface area contributed by atoms with Crippen molar-refractivity contribution in [2.24, 2.45) is 5.41 Å². The topological polar surface area (TPSA) is 106 Å². The van der Waals surface area contributed by atoms with E-state index in [-0.39, 0.29) is 23.5 Å². The number of anilines is 2. The molecule has 0 radical (unpaired) electrons. The molecule has 2 aliphatic heterocycles. The summed E-state index contributed by atoms with van der Waals surface area (Å²) in [4.78, 5) is 33.1. The molecule has 1 aromatic heterocycles. The molecule has 1 aliphatic carbocycles. The summed E-state index contributed by atoms with van der Waals surface area (Å²) in [5.74, 6) is 1.09. The van der Waals surface area contributed by atoms with Crippen LogP contribution in [0.2, 0.25) is 0 Å². The Bertz CT molecular complexity index is 793. The van der Waals surface area contributed by atoms with Crippen molar-refractivity contribution in [2.75, 3.05) is 29.9 Å². The van der Waals surface area contributed by atoms with Crippen LogP contribution in [0.25, 0.3) is 0 Å². The largest absolute Gasteiger partial charge is 0.465 e. The molecular weight excluding hydrogens is 372 g/mol. The van der Waals surface area contributed by atoms with Gasteiger partial charge in [-0.1, -0.05) is 0 Å². The van der Waals surface area contributed by atoms with E-state index >= 15 is 0 Å². The number of aromatic nitrogens is 1. The summed E-state index contributed by atoms with van der Waals surface area (Å²) in [6.07, 6.45) is 6.30. The molecule has 2 amide bonds. The number of carbonyl (C=O) groups excluding carboxylic acids is 1. The number of aryl methyl sites for hydroxylation is 1. The molecule has 8 heteroatoms. The number of likely N-dealkylation sites (tertiary alicyclic amines) is 1. The van der Waals surface area contributed by atoms with Crippen LogP contribution in [0, 0.1) is 12.3 Å². The number of nitrogens with zero attached hydrogens (tertiary/aromatic N) is 3. The Morgan fingerprint density at radius 1 is 1.24 bits per heavy atom. The quantitative estimate of drug-likeness (QED) is 0.718. The summed E-state index contributed by atoms with van der Waals surface area (Å²) >= 11 is 0. The van der Waals surface area contributed by atoms with Crippen LogP contribution >= 0.6 is 0 Å². The van der Waals surface area contributed by atoms with Gasteiger partial charge in [0.25, 0.3) is 0 Å². The first-order valence-corrected chi connectivity index (χ1v) is 10.6. The Morgan fingerprint density at radius 2 is 2.00 bits per heavy atom. The highest BCUT2D eigenvalue weighted by Crippen LogP contribution is 2.43. The van der Waals surface area contributed by atoms with Crippen LogP contribution in [0.4, 0.5) is 16.3 Å². The fourth-order valence-corrected chi connectivity index (χ4v) is 5.35. The lowest BCUT2D eigenvalue weighted by Crippen LogP contribution is -2.50. The molecule has 3 fully saturated rings. The number of pyridine rings is 1. The predicted molar refractivity (Wildman–Crippen MR) is 109 cm³/mol. The van der Waals surface area contributed by atoms with Gasteiger partial charge in [-0.05, 0) is 63.5 Å². The molecule has 29 heavy (non-hydrogen) atoms. The van der Waals surface area contributed by atoms with Crippen LogP contribution in [0.3, 0.4) is 0 Å². The maximum atomic E-state index is 13.4. The number of aliphatic hydroxyl groups is 1. The summed E-state index contributed by atoms with van der Waals surface area (Å²) in [7, 11) is 0. The molecule has 1 aromatic rings. The number of carbonyl (C=O) groups is 2. The van der Waals surface area contributed by atoms with Gasteiger partial charge in [0.2, 0.25) is 5.91 Å². The van der Waals surface area contributed by atoms with E-state index in [0.717, 1.165) is 69.4 Å². The highest BCUT2D eigenvalue weighted by molar-refractivity contribution is 5.86. The van der Waals surface area contributed by atoms with Gasteiger partial charge in [0, 0.05) is 25.7 Å². The minimum atomic E-state index is -1.11. The second-order valence-electron chi connectivity index (χ2n) is 8.81. The van der Waals surface area contributed by atoms with Gasteiger partial charge < -0.3 is 20.0 Å². The summed E-state index contributed by atoms with van der Waals surface area (Å²) < 4.78 is 0. The van der Waals surface area contributed by atoms with Crippen molar-refractivity contribution in [3.63, 3.8) is 0 Å². The van der Waals surface area contributed by atoms with Crippen LogP contribution < -0.4 is 10.2 Å². The fraction of sp³-hybridized carbons (Fsp3) is 0.667. The normalized spacial score (nSPS) is 30.1. The van der Waals surface area contributed by atoms with Crippen molar-refractivity contribution >= 4 is 23.5 Å². The first-order valence-electron chi connectivity index (χ1n) is 10.6. The predicted octanol–water partition coefficient (Wildman–Crippen LogP) is 2.60. The van der Waals surface area contributed by atoms with Crippen molar-refractivity contribution in [2.45, 2.75) is 64.0 Å². The number of hydrogen-bond acceptors (Lipinski definition) is 5. The molecule has 1 atom stereocenters. The molecule has 0 unspecified atom stereocenters. The van der Waals surface area contributed by atoms with Gasteiger partial charge in [0.05, 0.1) is 23.4 Å². The lowest BCUT2D eigenvalue weighted by Gasteiger charge is -2.41. The number of piperidine rings is 1. The minimum Gasteiger partial charge on any atom is -0.465 e. The molecule has 2 saturated heterocycles. The van der Waals surface area contributed by atoms with Crippen molar-refractivity contribution < 1.29 is 19.8 Å². The molecular formula is C21H30N4O4. The maximum Gasteiger partial charge on any atom is 0.409 e. The van der Waals surface area contributed by atoms with E-state index in [9.17, 15) is 14.7 Å². The van der Waals surface area contributed by atoms with E-state index < -0.39 is 6.09 Å². The second-order valence-corrected chi connectivity index (χ2v) is 8.81. The van der Waals surface area contributed by atoms with E-state index in [1.165, 1.54) is 6.20 Å². The van der Waals surface area contributed by atoms with Gasteiger partial charge in [-0.25, -0.2) is 9.78 Å². The van der Waals surface area contributed by atoms with Crippen molar-refractivity contribution in [1.82, 2.24) is 9.88 Å². The van der Waals surface area contributed by atoms with E-state index in [0.29, 0.717) is 12.2 Å². The highest BCUT2D eigenvalue weighted by atomic mass is 16.4. The molecule has 1 spiro atoms. The third kappa shape index (κ3) is 3.90. The van der Waals surface area contributed by atoms with E-state index in [4.69, 9.17) is 5.11 Å². The lowest BCUT2D eigenvalue weighted by atomic mass is 9.78. The van der Waals surface area contributed by atoms with Gasteiger partial charge in [-0.2, -0.15) is 0 Å². The van der Waals surface area contributed by atoms with Gasteiger partial charge in [0.15, 0.2) is 0 Å².